The third kappa shape index (κ3) is 4.06. The lowest BCUT2D eigenvalue weighted by Gasteiger charge is -2.38. The summed E-state index contributed by atoms with van der Waals surface area (Å²) in [5.74, 6) is 0.430. The van der Waals surface area contributed by atoms with Crippen LogP contribution in [0.2, 0.25) is 0 Å². The number of thiophene rings is 1. The van der Waals surface area contributed by atoms with Gasteiger partial charge in [0.2, 0.25) is 0 Å². The number of alkyl halides is 3. The minimum Gasteiger partial charge on any atom is -0.370 e. The summed E-state index contributed by atoms with van der Waals surface area (Å²) in [6, 6.07) is 9.58. The topological polar surface area (TPSA) is 29.3 Å². The molecule has 1 aromatic carbocycles. The average molecular weight is 340 g/mol. The summed E-state index contributed by atoms with van der Waals surface area (Å²) in [6.07, 6.45) is -2.37. The number of nitrogens with two attached hydrogens (primary N) is 1. The number of nitrogens with zero attached hydrogens (tertiary/aromatic N) is 1. The van der Waals surface area contributed by atoms with Crippen LogP contribution in [0.3, 0.4) is 0 Å². The molecule has 0 aliphatic carbocycles. The Morgan fingerprint density at radius 2 is 1.87 bits per heavy atom. The molecule has 2 aromatic rings. The number of anilines is 1. The molecule has 23 heavy (non-hydrogen) atoms. The van der Waals surface area contributed by atoms with Crippen LogP contribution in [0.25, 0.3) is 0 Å². The highest BCUT2D eigenvalue weighted by Gasteiger charge is 2.31. The van der Waals surface area contributed by atoms with Gasteiger partial charge in [0.1, 0.15) is 0 Å². The molecule has 1 saturated heterocycles. The zero-order valence-corrected chi connectivity index (χ0v) is 13.4. The molecule has 2 N–H and O–H groups in total. The maximum Gasteiger partial charge on any atom is 0.416 e. The van der Waals surface area contributed by atoms with Crippen molar-refractivity contribution in [2.45, 2.75) is 25.1 Å². The molecule has 0 amide bonds. The van der Waals surface area contributed by atoms with Gasteiger partial charge in [-0.2, -0.15) is 13.2 Å². The van der Waals surface area contributed by atoms with Crippen LogP contribution in [0, 0.1) is 5.92 Å². The Balaban J connectivity index is 1.71. The van der Waals surface area contributed by atoms with Crippen LogP contribution in [0.4, 0.5) is 18.9 Å². The fourth-order valence-corrected chi connectivity index (χ4v) is 4.00. The summed E-state index contributed by atoms with van der Waals surface area (Å²) < 4.78 is 38.0. The van der Waals surface area contributed by atoms with Gasteiger partial charge in [-0.05, 0) is 54.5 Å². The summed E-state index contributed by atoms with van der Waals surface area (Å²) in [5.41, 5.74) is 6.36. The third-order valence-corrected chi connectivity index (χ3v) is 5.10. The van der Waals surface area contributed by atoms with Gasteiger partial charge in [-0.25, -0.2) is 0 Å². The Labute approximate surface area is 137 Å². The van der Waals surface area contributed by atoms with Crippen molar-refractivity contribution in [2.24, 2.45) is 11.7 Å². The van der Waals surface area contributed by atoms with Crippen LogP contribution in [0.5, 0.6) is 0 Å². The van der Waals surface area contributed by atoms with E-state index in [0.29, 0.717) is 12.5 Å². The molecule has 2 unspecified atom stereocenters. The van der Waals surface area contributed by atoms with E-state index in [2.05, 4.69) is 16.3 Å². The fraction of sp³-hybridized carbons (Fsp3) is 0.412. The normalized spacial score (nSPS) is 22.3. The molecule has 2 nitrogen and oxygen atoms in total. The second kappa shape index (κ2) is 6.53. The number of rotatable bonds is 3. The second-order valence-corrected chi connectivity index (χ2v) is 7.13. The van der Waals surface area contributed by atoms with Gasteiger partial charge in [0, 0.05) is 29.7 Å². The minimum atomic E-state index is -4.29. The standard InChI is InChI=1S/C17H19F3N2S/c18-17(19,20)13-3-5-15(6-4-13)22-10-12(8-14(21)11-22)9-16-2-1-7-23-16/h1-7,12,14H,8-11,21H2. The van der Waals surface area contributed by atoms with E-state index in [-0.39, 0.29) is 6.04 Å². The van der Waals surface area contributed by atoms with Crippen LogP contribution < -0.4 is 10.6 Å². The smallest absolute Gasteiger partial charge is 0.370 e. The molecule has 1 aliphatic heterocycles. The molecule has 1 aliphatic rings. The summed E-state index contributed by atoms with van der Waals surface area (Å²) in [4.78, 5) is 3.43. The average Bonchev–Trinajstić information content (AvgIpc) is 2.99. The van der Waals surface area contributed by atoms with Gasteiger partial charge < -0.3 is 10.6 Å². The van der Waals surface area contributed by atoms with Crippen molar-refractivity contribution < 1.29 is 13.2 Å². The van der Waals surface area contributed by atoms with E-state index in [1.54, 1.807) is 23.5 Å². The molecule has 0 bridgehead atoms. The number of piperidine rings is 1. The molecule has 0 spiro atoms. The quantitative estimate of drug-likeness (QED) is 0.909. The minimum absolute atomic E-state index is 0.0519. The number of halogens is 3. The van der Waals surface area contributed by atoms with Crippen molar-refractivity contribution in [3.63, 3.8) is 0 Å². The number of hydrogen-bond donors (Lipinski definition) is 1. The first-order chi connectivity index (χ1) is 10.9. The number of benzene rings is 1. The molecule has 124 valence electrons. The first-order valence-electron chi connectivity index (χ1n) is 7.62. The summed E-state index contributed by atoms with van der Waals surface area (Å²) in [5, 5.41) is 2.06. The van der Waals surface area contributed by atoms with Crippen LogP contribution in [0.15, 0.2) is 41.8 Å². The molecular formula is C17H19F3N2S. The maximum atomic E-state index is 12.7. The van der Waals surface area contributed by atoms with Gasteiger partial charge in [0.25, 0.3) is 0 Å². The predicted octanol–water partition coefficient (Wildman–Crippen LogP) is 4.16. The lowest BCUT2D eigenvalue weighted by Crippen LogP contribution is -2.47. The van der Waals surface area contributed by atoms with Gasteiger partial charge in [0.15, 0.2) is 0 Å². The molecule has 2 atom stereocenters. The van der Waals surface area contributed by atoms with Crippen molar-refractivity contribution in [1.29, 1.82) is 0 Å². The molecule has 0 saturated carbocycles. The molecule has 0 radical (unpaired) electrons. The summed E-state index contributed by atoms with van der Waals surface area (Å²) >= 11 is 1.74. The Morgan fingerprint density at radius 3 is 2.48 bits per heavy atom. The Bertz CT molecular complexity index is 622. The van der Waals surface area contributed by atoms with Gasteiger partial charge >= 0.3 is 6.18 Å². The molecule has 3 rings (SSSR count). The lowest BCUT2D eigenvalue weighted by atomic mass is 9.91. The SMILES string of the molecule is NC1CC(Cc2cccs2)CN(c2ccc(C(F)(F)F)cc2)C1. The van der Waals surface area contributed by atoms with E-state index in [1.165, 1.54) is 4.88 Å². The van der Waals surface area contributed by atoms with Crippen LogP contribution in [-0.4, -0.2) is 19.1 Å². The largest absolute Gasteiger partial charge is 0.416 e. The molecule has 1 aromatic heterocycles. The first-order valence-corrected chi connectivity index (χ1v) is 8.50. The van der Waals surface area contributed by atoms with Crippen molar-refractivity contribution in [3.05, 3.63) is 52.2 Å². The highest BCUT2D eigenvalue weighted by molar-refractivity contribution is 7.09. The highest BCUT2D eigenvalue weighted by Crippen LogP contribution is 2.32. The zero-order chi connectivity index (χ0) is 16.4. The van der Waals surface area contributed by atoms with Gasteiger partial charge in [-0.15, -0.1) is 11.3 Å². The second-order valence-electron chi connectivity index (χ2n) is 6.09. The van der Waals surface area contributed by atoms with E-state index < -0.39 is 11.7 Å². The number of hydrogen-bond acceptors (Lipinski definition) is 3. The van der Waals surface area contributed by atoms with E-state index >= 15 is 0 Å². The lowest BCUT2D eigenvalue weighted by molar-refractivity contribution is -0.137. The van der Waals surface area contributed by atoms with E-state index in [1.807, 2.05) is 6.07 Å². The molecule has 1 fully saturated rings. The highest BCUT2D eigenvalue weighted by atomic mass is 32.1. The maximum absolute atomic E-state index is 12.7. The Morgan fingerprint density at radius 1 is 1.13 bits per heavy atom. The van der Waals surface area contributed by atoms with Gasteiger partial charge in [-0.1, -0.05) is 6.07 Å². The summed E-state index contributed by atoms with van der Waals surface area (Å²) in [7, 11) is 0. The Kier molecular flexibility index (Phi) is 4.64. The van der Waals surface area contributed by atoms with Gasteiger partial charge in [0.05, 0.1) is 5.56 Å². The van der Waals surface area contributed by atoms with Crippen molar-refractivity contribution in [2.75, 3.05) is 18.0 Å². The van der Waals surface area contributed by atoms with E-state index in [9.17, 15) is 13.2 Å². The van der Waals surface area contributed by atoms with Crippen LogP contribution >= 0.6 is 11.3 Å². The predicted molar refractivity (Wildman–Crippen MR) is 87.8 cm³/mol. The Hall–Kier alpha value is -1.53. The molecule has 6 heteroatoms. The van der Waals surface area contributed by atoms with E-state index in [0.717, 1.165) is 37.2 Å². The monoisotopic (exact) mass is 340 g/mol. The van der Waals surface area contributed by atoms with Crippen LogP contribution in [-0.2, 0) is 12.6 Å². The molecule has 2 heterocycles. The van der Waals surface area contributed by atoms with E-state index in [4.69, 9.17) is 5.73 Å². The van der Waals surface area contributed by atoms with Crippen LogP contribution in [0.1, 0.15) is 16.9 Å². The van der Waals surface area contributed by atoms with Gasteiger partial charge in [-0.3, -0.25) is 0 Å². The third-order valence-electron chi connectivity index (χ3n) is 4.20. The van der Waals surface area contributed by atoms with Crippen molar-refractivity contribution in [3.8, 4) is 0 Å². The fourth-order valence-electron chi connectivity index (χ4n) is 3.18. The zero-order valence-electron chi connectivity index (χ0n) is 12.6. The first kappa shape index (κ1) is 16.3. The summed E-state index contributed by atoms with van der Waals surface area (Å²) in [6.45, 7) is 1.52. The van der Waals surface area contributed by atoms with Crippen molar-refractivity contribution >= 4 is 17.0 Å². The van der Waals surface area contributed by atoms with Crippen molar-refractivity contribution in [1.82, 2.24) is 0 Å². The molecular weight excluding hydrogens is 321 g/mol.